The van der Waals surface area contributed by atoms with Crippen LogP contribution in [0, 0.1) is 0 Å². The second kappa shape index (κ2) is 6.02. The average Bonchev–Trinajstić information content (AvgIpc) is 2.20. The Morgan fingerprint density at radius 3 is 2.75 bits per heavy atom. The van der Waals surface area contributed by atoms with Crippen LogP contribution in [0.4, 0.5) is 5.82 Å². The summed E-state index contributed by atoms with van der Waals surface area (Å²) in [6.45, 7) is 3.59. The first kappa shape index (κ1) is 12.4. The minimum atomic E-state index is -0.347. The van der Waals surface area contributed by atoms with E-state index in [1.54, 1.807) is 17.3 Å². The largest absolute Gasteiger partial charge is 0.369 e. The van der Waals surface area contributed by atoms with Gasteiger partial charge < -0.3 is 11.1 Å². The highest BCUT2D eigenvalue weighted by atomic mass is 16.1. The quantitative estimate of drug-likeness (QED) is 0.699. The van der Waals surface area contributed by atoms with Gasteiger partial charge in [-0.25, -0.2) is 4.98 Å². The molecule has 6 heteroatoms. The van der Waals surface area contributed by atoms with Gasteiger partial charge in [-0.15, -0.1) is 0 Å². The zero-order valence-electron chi connectivity index (χ0n) is 9.60. The molecule has 0 bridgehead atoms. The highest BCUT2D eigenvalue weighted by Gasteiger charge is 2.04. The number of hydrogen-bond acceptors (Lipinski definition) is 5. The first-order chi connectivity index (χ1) is 7.61. The summed E-state index contributed by atoms with van der Waals surface area (Å²) >= 11 is 0. The Labute approximate surface area is 94.9 Å². The Morgan fingerprint density at radius 2 is 2.25 bits per heavy atom. The number of rotatable bonds is 6. The number of primary amides is 1. The van der Waals surface area contributed by atoms with Crippen molar-refractivity contribution < 1.29 is 4.79 Å². The van der Waals surface area contributed by atoms with Crippen LogP contribution >= 0.6 is 0 Å². The molecule has 1 aromatic heterocycles. The van der Waals surface area contributed by atoms with Crippen LogP contribution in [-0.2, 0) is 11.3 Å². The molecule has 0 saturated heterocycles. The molecule has 3 N–H and O–H groups in total. The van der Waals surface area contributed by atoms with Crippen molar-refractivity contribution in [1.29, 1.82) is 0 Å². The molecule has 1 amide bonds. The van der Waals surface area contributed by atoms with Crippen molar-refractivity contribution in [1.82, 2.24) is 14.9 Å². The number of hydrogen-bond donors (Lipinski definition) is 2. The van der Waals surface area contributed by atoms with Crippen LogP contribution in [0.3, 0.4) is 0 Å². The highest BCUT2D eigenvalue weighted by molar-refractivity contribution is 5.75. The van der Waals surface area contributed by atoms with Gasteiger partial charge in [0.2, 0.25) is 5.91 Å². The predicted molar refractivity (Wildman–Crippen MR) is 61.7 cm³/mol. The van der Waals surface area contributed by atoms with E-state index in [4.69, 9.17) is 5.73 Å². The zero-order chi connectivity index (χ0) is 12.0. The summed E-state index contributed by atoms with van der Waals surface area (Å²) in [6.07, 6.45) is 3.37. The van der Waals surface area contributed by atoms with E-state index in [0.717, 1.165) is 18.1 Å². The third-order valence-electron chi connectivity index (χ3n) is 1.92. The summed E-state index contributed by atoms with van der Waals surface area (Å²) in [5.41, 5.74) is 5.89. The van der Waals surface area contributed by atoms with Gasteiger partial charge in [-0.05, 0) is 14.0 Å². The first-order valence-electron chi connectivity index (χ1n) is 5.13. The van der Waals surface area contributed by atoms with E-state index in [-0.39, 0.29) is 12.5 Å². The molecule has 1 aromatic rings. The monoisotopic (exact) mass is 223 g/mol. The SMILES string of the molecule is CCNc1cnc(CN(C)CC(N)=O)cn1. The van der Waals surface area contributed by atoms with Gasteiger partial charge in [-0.2, -0.15) is 0 Å². The summed E-state index contributed by atoms with van der Waals surface area (Å²) in [5.74, 6) is 0.406. The van der Waals surface area contributed by atoms with Gasteiger partial charge in [0.25, 0.3) is 0 Å². The second-order valence-electron chi connectivity index (χ2n) is 3.56. The minimum Gasteiger partial charge on any atom is -0.369 e. The molecule has 0 radical (unpaired) electrons. The maximum atomic E-state index is 10.7. The van der Waals surface area contributed by atoms with Crippen LogP contribution in [0.15, 0.2) is 12.4 Å². The molecule has 88 valence electrons. The molecule has 1 heterocycles. The molecule has 0 aliphatic heterocycles. The van der Waals surface area contributed by atoms with E-state index in [0.29, 0.717) is 6.54 Å². The van der Waals surface area contributed by atoms with Crippen LogP contribution < -0.4 is 11.1 Å². The molecule has 0 atom stereocenters. The normalized spacial score (nSPS) is 10.4. The molecule has 0 unspecified atom stereocenters. The van der Waals surface area contributed by atoms with Gasteiger partial charge in [-0.3, -0.25) is 14.7 Å². The number of nitrogens with zero attached hydrogens (tertiary/aromatic N) is 3. The van der Waals surface area contributed by atoms with Crippen molar-refractivity contribution >= 4 is 11.7 Å². The van der Waals surface area contributed by atoms with Crippen LogP contribution in [0.1, 0.15) is 12.6 Å². The molecular weight excluding hydrogens is 206 g/mol. The fourth-order valence-corrected chi connectivity index (χ4v) is 1.31. The number of carbonyl (C=O) groups excluding carboxylic acids is 1. The average molecular weight is 223 g/mol. The second-order valence-corrected chi connectivity index (χ2v) is 3.56. The van der Waals surface area contributed by atoms with Gasteiger partial charge >= 0.3 is 0 Å². The number of anilines is 1. The lowest BCUT2D eigenvalue weighted by Gasteiger charge is -2.13. The third kappa shape index (κ3) is 4.22. The Morgan fingerprint density at radius 1 is 1.50 bits per heavy atom. The van der Waals surface area contributed by atoms with Crippen molar-refractivity contribution in [3.63, 3.8) is 0 Å². The van der Waals surface area contributed by atoms with Crippen LogP contribution in [0.5, 0.6) is 0 Å². The molecule has 1 rings (SSSR count). The summed E-state index contributed by atoms with van der Waals surface area (Å²) in [6, 6.07) is 0. The number of nitrogens with two attached hydrogens (primary N) is 1. The summed E-state index contributed by atoms with van der Waals surface area (Å²) < 4.78 is 0. The van der Waals surface area contributed by atoms with Gasteiger partial charge in [0.1, 0.15) is 5.82 Å². The van der Waals surface area contributed by atoms with Gasteiger partial charge in [0.15, 0.2) is 0 Å². The Kier molecular flexibility index (Phi) is 4.65. The van der Waals surface area contributed by atoms with E-state index in [1.807, 2.05) is 14.0 Å². The molecule has 0 saturated carbocycles. The number of carbonyl (C=O) groups is 1. The third-order valence-corrected chi connectivity index (χ3v) is 1.92. The first-order valence-corrected chi connectivity index (χ1v) is 5.13. The summed E-state index contributed by atoms with van der Waals surface area (Å²) in [5, 5.41) is 3.06. The number of aromatic nitrogens is 2. The van der Waals surface area contributed by atoms with E-state index in [2.05, 4.69) is 15.3 Å². The van der Waals surface area contributed by atoms with Crippen LogP contribution in [0.2, 0.25) is 0 Å². The maximum Gasteiger partial charge on any atom is 0.231 e. The van der Waals surface area contributed by atoms with E-state index in [9.17, 15) is 4.79 Å². The molecule has 0 spiro atoms. The Bertz CT molecular complexity index is 338. The fraction of sp³-hybridized carbons (Fsp3) is 0.500. The van der Waals surface area contributed by atoms with Crippen molar-refractivity contribution in [3.05, 3.63) is 18.1 Å². The molecule has 0 aromatic carbocycles. The maximum absolute atomic E-state index is 10.7. The fourth-order valence-electron chi connectivity index (χ4n) is 1.31. The number of amides is 1. The van der Waals surface area contributed by atoms with Crippen molar-refractivity contribution in [3.8, 4) is 0 Å². The molecule has 6 nitrogen and oxygen atoms in total. The smallest absolute Gasteiger partial charge is 0.231 e. The predicted octanol–water partition coefficient (Wildman–Crippen LogP) is -0.174. The van der Waals surface area contributed by atoms with Crippen LogP contribution in [-0.4, -0.2) is 40.9 Å². The van der Waals surface area contributed by atoms with Gasteiger partial charge in [-0.1, -0.05) is 0 Å². The highest BCUT2D eigenvalue weighted by Crippen LogP contribution is 2.02. The van der Waals surface area contributed by atoms with E-state index in [1.165, 1.54) is 0 Å². The topological polar surface area (TPSA) is 84.1 Å². The molecule has 0 fully saturated rings. The van der Waals surface area contributed by atoms with E-state index < -0.39 is 0 Å². The van der Waals surface area contributed by atoms with Gasteiger partial charge in [0.05, 0.1) is 24.6 Å². The summed E-state index contributed by atoms with van der Waals surface area (Å²) in [4.78, 5) is 20.9. The lowest BCUT2D eigenvalue weighted by molar-refractivity contribution is -0.118. The standard InChI is InChI=1S/C10H17N5O/c1-3-12-10-5-13-8(4-14-10)6-15(2)7-9(11)16/h4-5H,3,6-7H2,1-2H3,(H2,11,16)(H,12,14). The molecule has 16 heavy (non-hydrogen) atoms. The lowest BCUT2D eigenvalue weighted by Crippen LogP contribution is -2.30. The van der Waals surface area contributed by atoms with Crippen molar-refractivity contribution in [2.45, 2.75) is 13.5 Å². The summed E-state index contributed by atoms with van der Waals surface area (Å²) in [7, 11) is 1.81. The molecule has 0 aliphatic rings. The van der Waals surface area contributed by atoms with E-state index >= 15 is 0 Å². The molecular formula is C10H17N5O. The van der Waals surface area contributed by atoms with Crippen molar-refractivity contribution in [2.75, 3.05) is 25.5 Å². The zero-order valence-corrected chi connectivity index (χ0v) is 9.60. The Hall–Kier alpha value is -1.69. The Balaban J connectivity index is 2.51. The van der Waals surface area contributed by atoms with Gasteiger partial charge in [0, 0.05) is 13.1 Å². The molecule has 0 aliphatic carbocycles. The minimum absolute atomic E-state index is 0.219. The number of nitrogens with one attached hydrogen (secondary N) is 1. The van der Waals surface area contributed by atoms with Crippen molar-refractivity contribution in [2.24, 2.45) is 5.73 Å². The number of likely N-dealkylation sites (N-methyl/N-ethyl adjacent to an activating group) is 1. The van der Waals surface area contributed by atoms with Crippen LogP contribution in [0.25, 0.3) is 0 Å². The lowest BCUT2D eigenvalue weighted by atomic mass is 10.4.